The van der Waals surface area contributed by atoms with Gasteiger partial charge in [-0.2, -0.15) is 0 Å². The monoisotopic (exact) mass is 325 g/mol. The first kappa shape index (κ1) is 14.9. The highest BCUT2D eigenvalue weighted by atomic mass is 32.1. The largest absolute Gasteiger partial charge is 0.346 e. The number of thiophene rings is 1. The van der Waals surface area contributed by atoms with Gasteiger partial charge in [0.1, 0.15) is 0 Å². The normalized spacial score (nSPS) is 17.0. The third-order valence-electron chi connectivity index (χ3n) is 4.76. The molecule has 23 heavy (non-hydrogen) atoms. The minimum absolute atomic E-state index is 1.08. The Morgan fingerprint density at radius 2 is 1.65 bits per heavy atom. The summed E-state index contributed by atoms with van der Waals surface area (Å²) in [5.41, 5.74) is 1.35. The van der Waals surface area contributed by atoms with E-state index in [9.17, 15) is 0 Å². The van der Waals surface area contributed by atoms with Crippen LogP contribution in [0.2, 0.25) is 0 Å². The molecule has 4 heteroatoms. The first-order chi connectivity index (χ1) is 11.4. The summed E-state index contributed by atoms with van der Waals surface area (Å²) in [6, 6.07) is 15.3. The molecule has 4 rings (SSSR count). The lowest BCUT2D eigenvalue weighted by atomic mass is 10.2. The maximum absolute atomic E-state index is 2.60. The number of hydrogen-bond donors (Lipinski definition) is 0. The van der Waals surface area contributed by atoms with Gasteiger partial charge in [0.15, 0.2) is 0 Å². The van der Waals surface area contributed by atoms with Crippen LogP contribution in [-0.4, -0.2) is 47.1 Å². The van der Waals surface area contributed by atoms with Crippen LogP contribution in [0.4, 0.5) is 0 Å². The van der Waals surface area contributed by atoms with Gasteiger partial charge >= 0.3 is 0 Å². The SMILES string of the molecule is c1csc(CN2CCN(CCn3ccc4ccccc43)CC2)c1. The number of piperazine rings is 1. The second kappa shape index (κ2) is 6.87. The summed E-state index contributed by atoms with van der Waals surface area (Å²) in [5, 5.41) is 3.51. The van der Waals surface area contributed by atoms with Crippen molar-refractivity contribution in [3.63, 3.8) is 0 Å². The number of nitrogens with zero attached hydrogens (tertiary/aromatic N) is 3. The number of rotatable bonds is 5. The zero-order chi connectivity index (χ0) is 15.5. The molecule has 1 aliphatic rings. The van der Waals surface area contributed by atoms with Crippen molar-refractivity contribution in [2.24, 2.45) is 0 Å². The van der Waals surface area contributed by atoms with Crippen LogP contribution in [0.3, 0.4) is 0 Å². The Hall–Kier alpha value is -1.62. The first-order valence-electron chi connectivity index (χ1n) is 8.39. The van der Waals surface area contributed by atoms with E-state index in [4.69, 9.17) is 0 Å². The van der Waals surface area contributed by atoms with E-state index in [0.717, 1.165) is 19.6 Å². The van der Waals surface area contributed by atoms with E-state index in [-0.39, 0.29) is 0 Å². The second-order valence-electron chi connectivity index (χ2n) is 6.27. The minimum Gasteiger partial charge on any atom is -0.346 e. The highest BCUT2D eigenvalue weighted by Crippen LogP contribution is 2.16. The Morgan fingerprint density at radius 3 is 2.48 bits per heavy atom. The van der Waals surface area contributed by atoms with E-state index in [1.54, 1.807) is 0 Å². The predicted molar refractivity (Wildman–Crippen MR) is 98.0 cm³/mol. The average Bonchev–Trinajstić information content (AvgIpc) is 3.24. The minimum atomic E-state index is 1.08. The van der Waals surface area contributed by atoms with Gasteiger partial charge in [0.25, 0.3) is 0 Å². The molecule has 0 aliphatic carbocycles. The van der Waals surface area contributed by atoms with Gasteiger partial charge in [-0.05, 0) is 29.0 Å². The maximum atomic E-state index is 2.60. The van der Waals surface area contributed by atoms with Crippen LogP contribution in [-0.2, 0) is 13.1 Å². The Labute approximate surface area is 141 Å². The number of hydrogen-bond acceptors (Lipinski definition) is 3. The van der Waals surface area contributed by atoms with Crippen molar-refractivity contribution in [2.45, 2.75) is 13.1 Å². The number of benzene rings is 1. The van der Waals surface area contributed by atoms with Gasteiger partial charge in [0, 0.05) is 62.4 Å². The lowest BCUT2D eigenvalue weighted by Gasteiger charge is -2.34. The molecule has 0 spiro atoms. The fourth-order valence-corrected chi connectivity index (χ4v) is 4.12. The molecule has 1 aromatic carbocycles. The lowest BCUT2D eigenvalue weighted by molar-refractivity contribution is 0.125. The molecule has 1 fully saturated rings. The summed E-state index contributed by atoms with van der Waals surface area (Å²) >= 11 is 1.87. The zero-order valence-corrected chi connectivity index (χ0v) is 14.2. The average molecular weight is 325 g/mol. The molecule has 3 heterocycles. The standard InChI is InChI=1S/C19H23N3S/c1-2-6-19-17(4-1)7-8-22(19)14-13-20-9-11-21(12-10-20)16-18-5-3-15-23-18/h1-8,15H,9-14,16H2. The molecule has 2 aromatic heterocycles. The molecule has 120 valence electrons. The molecule has 3 nitrogen and oxygen atoms in total. The van der Waals surface area contributed by atoms with Crippen molar-refractivity contribution >= 4 is 22.2 Å². The highest BCUT2D eigenvalue weighted by Gasteiger charge is 2.17. The molecule has 0 bridgehead atoms. The van der Waals surface area contributed by atoms with Crippen LogP contribution in [0.5, 0.6) is 0 Å². The number of aromatic nitrogens is 1. The smallest absolute Gasteiger partial charge is 0.0480 e. The number of para-hydroxylation sites is 1. The van der Waals surface area contributed by atoms with Crippen LogP contribution in [0, 0.1) is 0 Å². The van der Waals surface area contributed by atoms with Crippen LogP contribution in [0.15, 0.2) is 54.0 Å². The predicted octanol–water partition coefficient (Wildman–Crippen LogP) is 3.52. The molecule has 0 unspecified atom stereocenters. The van der Waals surface area contributed by atoms with E-state index in [0.29, 0.717) is 0 Å². The van der Waals surface area contributed by atoms with Gasteiger partial charge in [-0.25, -0.2) is 0 Å². The zero-order valence-electron chi connectivity index (χ0n) is 13.4. The van der Waals surface area contributed by atoms with E-state index >= 15 is 0 Å². The van der Waals surface area contributed by atoms with E-state index in [2.05, 4.69) is 68.4 Å². The molecule has 0 amide bonds. The number of fused-ring (bicyclic) bond motifs is 1. The second-order valence-corrected chi connectivity index (χ2v) is 7.30. The third-order valence-corrected chi connectivity index (χ3v) is 5.62. The molecular formula is C19H23N3S. The van der Waals surface area contributed by atoms with Crippen molar-refractivity contribution in [1.29, 1.82) is 0 Å². The quantitative estimate of drug-likeness (QED) is 0.711. The van der Waals surface area contributed by atoms with Gasteiger partial charge in [0.2, 0.25) is 0 Å². The van der Waals surface area contributed by atoms with Gasteiger partial charge in [-0.15, -0.1) is 11.3 Å². The maximum Gasteiger partial charge on any atom is 0.0480 e. The Bertz CT molecular complexity index is 739. The summed E-state index contributed by atoms with van der Waals surface area (Å²) in [6.45, 7) is 8.08. The van der Waals surface area contributed by atoms with E-state index < -0.39 is 0 Å². The van der Waals surface area contributed by atoms with Crippen molar-refractivity contribution in [1.82, 2.24) is 14.4 Å². The summed E-state index contributed by atoms with van der Waals surface area (Å²) < 4.78 is 2.38. The topological polar surface area (TPSA) is 11.4 Å². The molecule has 0 radical (unpaired) electrons. The van der Waals surface area contributed by atoms with E-state index in [1.807, 2.05) is 11.3 Å². The highest BCUT2D eigenvalue weighted by molar-refractivity contribution is 7.09. The molecule has 0 saturated carbocycles. The van der Waals surface area contributed by atoms with Crippen LogP contribution in [0.1, 0.15) is 4.88 Å². The van der Waals surface area contributed by atoms with E-state index in [1.165, 1.54) is 42.0 Å². The molecule has 0 atom stereocenters. The molecule has 1 saturated heterocycles. The van der Waals surface area contributed by atoms with Crippen molar-refractivity contribution in [2.75, 3.05) is 32.7 Å². The Morgan fingerprint density at radius 1 is 0.826 bits per heavy atom. The first-order valence-corrected chi connectivity index (χ1v) is 9.27. The lowest BCUT2D eigenvalue weighted by Crippen LogP contribution is -2.46. The summed E-state index contributed by atoms with van der Waals surface area (Å²) in [4.78, 5) is 6.66. The van der Waals surface area contributed by atoms with Crippen LogP contribution < -0.4 is 0 Å². The van der Waals surface area contributed by atoms with Crippen molar-refractivity contribution in [3.8, 4) is 0 Å². The van der Waals surface area contributed by atoms with Gasteiger partial charge < -0.3 is 4.57 Å². The van der Waals surface area contributed by atoms with Crippen molar-refractivity contribution in [3.05, 3.63) is 58.9 Å². The van der Waals surface area contributed by atoms with Gasteiger partial charge in [-0.1, -0.05) is 24.3 Å². The summed E-state index contributed by atoms with van der Waals surface area (Å²) in [6.07, 6.45) is 2.22. The summed E-state index contributed by atoms with van der Waals surface area (Å²) in [5.74, 6) is 0. The Kier molecular flexibility index (Phi) is 4.46. The third kappa shape index (κ3) is 3.50. The van der Waals surface area contributed by atoms with Gasteiger partial charge in [0.05, 0.1) is 0 Å². The Balaban J connectivity index is 1.28. The fraction of sp³-hybridized carbons (Fsp3) is 0.368. The van der Waals surface area contributed by atoms with Crippen molar-refractivity contribution < 1.29 is 0 Å². The molecule has 1 aliphatic heterocycles. The van der Waals surface area contributed by atoms with Crippen LogP contribution in [0.25, 0.3) is 10.9 Å². The van der Waals surface area contributed by atoms with Gasteiger partial charge in [-0.3, -0.25) is 9.80 Å². The molecule has 3 aromatic rings. The molecular weight excluding hydrogens is 302 g/mol. The summed E-state index contributed by atoms with van der Waals surface area (Å²) in [7, 11) is 0. The fourth-order valence-electron chi connectivity index (χ4n) is 3.38. The molecule has 0 N–H and O–H groups in total. The van der Waals surface area contributed by atoms with Crippen LogP contribution >= 0.6 is 11.3 Å².